The van der Waals surface area contributed by atoms with Crippen LogP contribution in [0.5, 0.6) is 0 Å². The molecule has 0 fully saturated rings. The molecular formula is C15H25N. The van der Waals surface area contributed by atoms with E-state index in [4.69, 9.17) is 0 Å². The fourth-order valence-corrected chi connectivity index (χ4v) is 2.49. The van der Waals surface area contributed by atoms with Crippen molar-refractivity contribution >= 4 is 0 Å². The van der Waals surface area contributed by atoms with Crippen LogP contribution < -0.4 is 5.32 Å². The first kappa shape index (κ1) is 13.2. The summed E-state index contributed by atoms with van der Waals surface area (Å²) < 4.78 is 0. The van der Waals surface area contributed by atoms with E-state index in [0.717, 1.165) is 6.54 Å². The molecule has 0 saturated carbocycles. The third-order valence-corrected chi connectivity index (χ3v) is 3.74. The first-order valence-corrected chi connectivity index (χ1v) is 6.21. The van der Waals surface area contributed by atoms with E-state index in [-0.39, 0.29) is 0 Å². The molecule has 0 aliphatic carbocycles. The lowest BCUT2D eigenvalue weighted by molar-refractivity contribution is 0.630. The van der Waals surface area contributed by atoms with Crippen molar-refractivity contribution in [2.75, 3.05) is 13.6 Å². The Hall–Kier alpha value is -0.820. The van der Waals surface area contributed by atoms with Gasteiger partial charge in [-0.15, -0.1) is 0 Å². The van der Waals surface area contributed by atoms with Crippen LogP contribution in [0.3, 0.4) is 0 Å². The Morgan fingerprint density at radius 1 is 1.06 bits per heavy atom. The van der Waals surface area contributed by atoms with Gasteiger partial charge < -0.3 is 5.32 Å². The fourth-order valence-electron chi connectivity index (χ4n) is 2.49. The van der Waals surface area contributed by atoms with Crippen LogP contribution >= 0.6 is 0 Å². The van der Waals surface area contributed by atoms with Gasteiger partial charge in [0.25, 0.3) is 0 Å². The second-order valence-corrected chi connectivity index (χ2v) is 4.97. The van der Waals surface area contributed by atoms with Crippen molar-refractivity contribution in [1.82, 2.24) is 5.32 Å². The van der Waals surface area contributed by atoms with E-state index in [1.54, 1.807) is 5.56 Å². The van der Waals surface area contributed by atoms with Crippen molar-refractivity contribution in [3.8, 4) is 0 Å². The molecule has 1 aromatic carbocycles. The standard InChI is InChI=1S/C15H25N/c1-10(7-8-16-6)15-13(4)11(2)9-12(3)14(15)5/h9-10,16H,7-8H2,1-6H3. The van der Waals surface area contributed by atoms with Crippen LogP contribution in [-0.4, -0.2) is 13.6 Å². The highest BCUT2D eigenvalue weighted by molar-refractivity contribution is 5.45. The van der Waals surface area contributed by atoms with E-state index in [2.05, 4.69) is 46.0 Å². The lowest BCUT2D eigenvalue weighted by atomic mass is 9.85. The lowest BCUT2D eigenvalue weighted by Gasteiger charge is -2.21. The van der Waals surface area contributed by atoms with Crippen LogP contribution in [0.2, 0.25) is 0 Å². The van der Waals surface area contributed by atoms with Crippen LogP contribution in [-0.2, 0) is 0 Å². The van der Waals surface area contributed by atoms with E-state index in [0.29, 0.717) is 5.92 Å². The average molecular weight is 219 g/mol. The molecule has 0 aliphatic heterocycles. The number of hydrogen-bond donors (Lipinski definition) is 1. The van der Waals surface area contributed by atoms with Gasteiger partial charge in [-0.05, 0) is 81.4 Å². The SMILES string of the molecule is CNCCC(C)c1c(C)c(C)cc(C)c1C. The third-order valence-electron chi connectivity index (χ3n) is 3.74. The van der Waals surface area contributed by atoms with Crippen LogP contribution in [0, 0.1) is 27.7 Å². The molecule has 0 heterocycles. The Morgan fingerprint density at radius 2 is 1.56 bits per heavy atom. The topological polar surface area (TPSA) is 12.0 Å². The zero-order chi connectivity index (χ0) is 12.3. The maximum absolute atomic E-state index is 3.24. The van der Waals surface area contributed by atoms with Crippen molar-refractivity contribution in [2.24, 2.45) is 0 Å². The van der Waals surface area contributed by atoms with Crippen LogP contribution in [0.4, 0.5) is 0 Å². The van der Waals surface area contributed by atoms with Crippen molar-refractivity contribution in [1.29, 1.82) is 0 Å². The molecule has 1 aromatic rings. The highest BCUT2D eigenvalue weighted by Gasteiger charge is 2.14. The average Bonchev–Trinajstić information content (AvgIpc) is 2.24. The summed E-state index contributed by atoms with van der Waals surface area (Å²) in [5, 5.41) is 3.24. The predicted octanol–water partition coefficient (Wildman–Crippen LogP) is 3.63. The first-order chi connectivity index (χ1) is 7.49. The van der Waals surface area contributed by atoms with E-state index in [1.807, 2.05) is 7.05 Å². The Bertz CT molecular complexity index is 340. The zero-order valence-corrected chi connectivity index (χ0v) is 11.6. The number of rotatable bonds is 4. The highest BCUT2D eigenvalue weighted by atomic mass is 14.8. The molecule has 1 nitrogen and oxygen atoms in total. The largest absolute Gasteiger partial charge is 0.320 e. The van der Waals surface area contributed by atoms with Gasteiger partial charge in [-0.1, -0.05) is 13.0 Å². The molecule has 1 heteroatoms. The van der Waals surface area contributed by atoms with Gasteiger partial charge in [0.05, 0.1) is 0 Å². The van der Waals surface area contributed by atoms with Gasteiger partial charge in [0.2, 0.25) is 0 Å². The molecule has 0 aromatic heterocycles. The van der Waals surface area contributed by atoms with E-state index in [9.17, 15) is 0 Å². The minimum atomic E-state index is 0.644. The number of nitrogens with one attached hydrogen (secondary N) is 1. The zero-order valence-electron chi connectivity index (χ0n) is 11.6. The summed E-state index contributed by atoms with van der Waals surface area (Å²) in [5.74, 6) is 0.644. The summed E-state index contributed by atoms with van der Waals surface area (Å²) in [5.41, 5.74) is 7.37. The maximum atomic E-state index is 3.24. The third kappa shape index (κ3) is 2.65. The fraction of sp³-hybridized carbons (Fsp3) is 0.600. The first-order valence-electron chi connectivity index (χ1n) is 6.21. The molecule has 0 radical (unpaired) electrons. The van der Waals surface area contributed by atoms with Crippen molar-refractivity contribution in [3.63, 3.8) is 0 Å². The number of hydrogen-bond acceptors (Lipinski definition) is 1. The van der Waals surface area contributed by atoms with Crippen LogP contribution in [0.25, 0.3) is 0 Å². The molecule has 16 heavy (non-hydrogen) atoms. The maximum Gasteiger partial charge on any atom is -0.00462 e. The Kier molecular flexibility index (Phi) is 4.55. The molecule has 0 aliphatic rings. The van der Waals surface area contributed by atoms with Crippen molar-refractivity contribution in [2.45, 2.75) is 47.0 Å². The van der Waals surface area contributed by atoms with E-state index in [1.165, 1.54) is 28.7 Å². The summed E-state index contributed by atoms with van der Waals surface area (Å²) in [7, 11) is 2.02. The number of benzene rings is 1. The van der Waals surface area contributed by atoms with Crippen molar-refractivity contribution < 1.29 is 0 Å². The summed E-state index contributed by atoms with van der Waals surface area (Å²) in [4.78, 5) is 0. The second kappa shape index (κ2) is 5.49. The summed E-state index contributed by atoms with van der Waals surface area (Å²) in [6.45, 7) is 12.4. The van der Waals surface area contributed by atoms with Gasteiger partial charge >= 0.3 is 0 Å². The number of aryl methyl sites for hydroxylation is 2. The van der Waals surface area contributed by atoms with Crippen LogP contribution in [0.1, 0.15) is 47.1 Å². The van der Waals surface area contributed by atoms with Gasteiger partial charge in [-0.2, -0.15) is 0 Å². The minimum absolute atomic E-state index is 0.644. The normalized spacial score (nSPS) is 12.9. The minimum Gasteiger partial charge on any atom is -0.320 e. The van der Waals surface area contributed by atoms with Crippen LogP contribution in [0.15, 0.2) is 6.07 Å². The molecule has 1 N–H and O–H groups in total. The van der Waals surface area contributed by atoms with Gasteiger partial charge in [-0.3, -0.25) is 0 Å². The summed E-state index contributed by atoms with van der Waals surface area (Å²) >= 11 is 0. The van der Waals surface area contributed by atoms with Gasteiger partial charge in [0.15, 0.2) is 0 Å². The lowest BCUT2D eigenvalue weighted by Crippen LogP contribution is -2.12. The molecule has 0 amide bonds. The van der Waals surface area contributed by atoms with Gasteiger partial charge in [0, 0.05) is 0 Å². The summed E-state index contributed by atoms with van der Waals surface area (Å²) in [6, 6.07) is 2.30. The molecule has 0 bridgehead atoms. The highest BCUT2D eigenvalue weighted by Crippen LogP contribution is 2.30. The molecule has 90 valence electrons. The Labute approximate surface area is 100 Å². The molecule has 1 atom stereocenters. The molecule has 0 saturated heterocycles. The molecular weight excluding hydrogens is 194 g/mol. The summed E-state index contributed by atoms with van der Waals surface area (Å²) in [6.07, 6.45) is 1.21. The Morgan fingerprint density at radius 3 is 2.00 bits per heavy atom. The predicted molar refractivity (Wildman–Crippen MR) is 72.3 cm³/mol. The van der Waals surface area contributed by atoms with E-state index < -0.39 is 0 Å². The van der Waals surface area contributed by atoms with Crippen molar-refractivity contribution in [3.05, 3.63) is 33.9 Å². The second-order valence-electron chi connectivity index (χ2n) is 4.97. The van der Waals surface area contributed by atoms with E-state index >= 15 is 0 Å². The molecule has 1 unspecified atom stereocenters. The van der Waals surface area contributed by atoms with Gasteiger partial charge in [0.1, 0.15) is 0 Å². The quantitative estimate of drug-likeness (QED) is 0.815. The monoisotopic (exact) mass is 219 g/mol. The smallest absolute Gasteiger partial charge is 0.00462 e. The molecule has 0 spiro atoms. The van der Waals surface area contributed by atoms with Gasteiger partial charge in [-0.25, -0.2) is 0 Å². The molecule has 1 rings (SSSR count). The Balaban J connectivity index is 3.11.